The quantitative estimate of drug-likeness (QED) is 0.722. The summed E-state index contributed by atoms with van der Waals surface area (Å²) in [6.45, 7) is 2.23. The summed E-state index contributed by atoms with van der Waals surface area (Å²) in [5.41, 5.74) is 0.0330. The van der Waals surface area contributed by atoms with Crippen molar-refractivity contribution in [2.45, 2.75) is 25.0 Å². The van der Waals surface area contributed by atoms with Gasteiger partial charge in [-0.05, 0) is 19.8 Å². The molecular formula is C9H13N3O4S. The zero-order valence-electron chi connectivity index (χ0n) is 9.34. The van der Waals surface area contributed by atoms with Crippen LogP contribution in [0.2, 0.25) is 0 Å². The predicted molar refractivity (Wildman–Crippen MR) is 60.2 cm³/mol. The van der Waals surface area contributed by atoms with Crippen LogP contribution in [0.25, 0.3) is 0 Å². The van der Waals surface area contributed by atoms with Crippen molar-refractivity contribution < 1.29 is 18.0 Å². The van der Waals surface area contributed by atoms with Crippen LogP contribution in [0.15, 0.2) is 4.99 Å². The maximum Gasteiger partial charge on any atom is 0.347 e. The highest BCUT2D eigenvalue weighted by molar-refractivity contribution is 7.91. The van der Waals surface area contributed by atoms with Crippen molar-refractivity contribution in [1.29, 1.82) is 0 Å². The van der Waals surface area contributed by atoms with E-state index in [1.165, 1.54) is 11.2 Å². The maximum absolute atomic E-state index is 12.2. The highest BCUT2D eigenvalue weighted by Crippen LogP contribution is 2.19. The Balaban J connectivity index is 2.35. The Morgan fingerprint density at radius 1 is 1.29 bits per heavy atom. The van der Waals surface area contributed by atoms with Gasteiger partial charge in [-0.2, -0.15) is 0 Å². The average Bonchev–Trinajstić information content (AvgIpc) is 2.67. The number of sulfonamides is 1. The number of carbonyl (C=O) groups excluding carboxylic acids is 2. The Labute approximate surface area is 98.9 Å². The number of imide groups is 1. The molecule has 94 valence electrons. The van der Waals surface area contributed by atoms with Crippen LogP contribution in [0.3, 0.4) is 0 Å². The minimum Gasteiger partial charge on any atom is -0.275 e. The van der Waals surface area contributed by atoms with Gasteiger partial charge in [0.05, 0.1) is 0 Å². The lowest BCUT2D eigenvalue weighted by Crippen LogP contribution is -2.53. The van der Waals surface area contributed by atoms with Crippen LogP contribution in [0.5, 0.6) is 0 Å². The standard InChI is InChI=1S/C9H13N3O4S/c1-6-7(8(13)11-9(14)10-6)17(15,16)12-4-2-3-5-12/h7H,2-5H2,1H3,(H,11,13,14). The van der Waals surface area contributed by atoms with Crippen LogP contribution >= 0.6 is 0 Å². The lowest BCUT2D eigenvalue weighted by molar-refractivity contribution is -0.118. The first-order chi connectivity index (χ1) is 7.93. The van der Waals surface area contributed by atoms with E-state index in [0.29, 0.717) is 13.1 Å². The van der Waals surface area contributed by atoms with E-state index in [4.69, 9.17) is 0 Å². The van der Waals surface area contributed by atoms with Crippen molar-refractivity contribution in [1.82, 2.24) is 9.62 Å². The van der Waals surface area contributed by atoms with Crippen LogP contribution in [-0.2, 0) is 14.8 Å². The molecule has 0 bridgehead atoms. The molecule has 2 heterocycles. The molecule has 0 aromatic rings. The number of nitrogens with zero attached hydrogens (tertiary/aromatic N) is 2. The number of rotatable bonds is 2. The number of urea groups is 1. The van der Waals surface area contributed by atoms with E-state index in [1.54, 1.807) is 0 Å². The summed E-state index contributed by atoms with van der Waals surface area (Å²) >= 11 is 0. The van der Waals surface area contributed by atoms with Gasteiger partial charge < -0.3 is 0 Å². The average molecular weight is 259 g/mol. The van der Waals surface area contributed by atoms with Gasteiger partial charge in [-0.3, -0.25) is 10.1 Å². The molecule has 0 aromatic carbocycles. The van der Waals surface area contributed by atoms with E-state index in [0.717, 1.165) is 12.8 Å². The molecule has 0 spiro atoms. The highest BCUT2D eigenvalue weighted by Gasteiger charge is 2.43. The summed E-state index contributed by atoms with van der Waals surface area (Å²) in [5.74, 6) is -0.811. The number of aliphatic imine (C=N–C) groups is 1. The first-order valence-corrected chi connectivity index (χ1v) is 6.82. The van der Waals surface area contributed by atoms with Gasteiger partial charge in [0.2, 0.25) is 10.0 Å². The van der Waals surface area contributed by atoms with Crippen LogP contribution in [0, 0.1) is 0 Å². The van der Waals surface area contributed by atoms with Gasteiger partial charge in [0.25, 0.3) is 5.91 Å². The second-order valence-electron chi connectivity index (χ2n) is 4.08. The molecule has 8 heteroatoms. The van der Waals surface area contributed by atoms with Gasteiger partial charge in [0.1, 0.15) is 0 Å². The van der Waals surface area contributed by atoms with Crippen molar-refractivity contribution in [3.8, 4) is 0 Å². The summed E-state index contributed by atoms with van der Waals surface area (Å²) in [6, 6.07) is -0.805. The van der Waals surface area contributed by atoms with Crippen LogP contribution in [-0.4, -0.2) is 48.7 Å². The minimum absolute atomic E-state index is 0.0330. The Hall–Kier alpha value is -1.28. The van der Waals surface area contributed by atoms with Crippen molar-refractivity contribution >= 4 is 27.7 Å². The van der Waals surface area contributed by atoms with Crippen molar-refractivity contribution in [2.75, 3.05) is 13.1 Å². The molecule has 0 aromatic heterocycles. The molecule has 1 N–H and O–H groups in total. The van der Waals surface area contributed by atoms with E-state index < -0.39 is 27.2 Å². The molecule has 3 amide bonds. The summed E-state index contributed by atoms with van der Waals surface area (Å²) in [7, 11) is -3.75. The van der Waals surface area contributed by atoms with Gasteiger partial charge in [-0.15, -0.1) is 0 Å². The Morgan fingerprint density at radius 2 is 1.88 bits per heavy atom. The fourth-order valence-electron chi connectivity index (χ4n) is 2.05. The number of amides is 3. The molecule has 1 atom stereocenters. The predicted octanol–water partition coefficient (Wildman–Crippen LogP) is -0.509. The zero-order valence-corrected chi connectivity index (χ0v) is 10.2. The van der Waals surface area contributed by atoms with Crippen LogP contribution < -0.4 is 5.32 Å². The zero-order chi connectivity index (χ0) is 12.6. The number of carbonyl (C=O) groups is 2. The Kier molecular flexibility index (Phi) is 3.00. The first kappa shape index (κ1) is 12.2. The molecule has 1 unspecified atom stereocenters. The van der Waals surface area contributed by atoms with E-state index in [2.05, 4.69) is 4.99 Å². The molecular weight excluding hydrogens is 246 g/mol. The van der Waals surface area contributed by atoms with Crippen molar-refractivity contribution in [3.63, 3.8) is 0 Å². The molecule has 2 rings (SSSR count). The van der Waals surface area contributed by atoms with Gasteiger partial charge in [0, 0.05) is 18.8 Å². The van der Waals surface area contributed by atoms with Gasteiger partial charge in [-0.1, -0.05) is 0 Å². The fraction of sp³-hybridized carbons (Fsp3) is 0.667. The second kappa shape index (κ2) is 4.19. The van der Waals surface area contributed by atoms with E-state index >= 15 is 0 Å². The van der Waals surface area contributed by atoms with Crippen molar-refractivity contribution in [2.24, 2.45) is 4.99 Å². The summed E-state index contributed by atoms with van der Waals surface area (Å²) in [5, 5.41) is 0.555. The highest BCUT2D eigenvalue weighted by atomic mass is 32.2. The minimum atomic E-state index is -3.75. The normalized spacial score (nSPS) is 26.9. The molecule has 1 fully saturated rings. The molecule has 2 aliphatic heterocycles. The molecule has 0 radical (unpaired) electrons. The topological polar surface area (TPSA) is 95.9 Å². The monoisotopic (exact) mass is 259 g/mol. The second-order valence-corrected chi connectivity index (χ2v) is 6.10. The largest absolute Gasteiger partial charge is 0.347 e. The smallest absolute Gasteiger partial charge is 0.275 e. The van der Waals surface area contributed by atoms with E-state index in [-0.39, 0.29) is 5.71 Å². The van der Waals surface area contributed by atoms with Crippen molar-refractivity contribution in [3.05, 3.63) is 0 Å². The first-order valence-electron chi connectivity index (χ1n) is 5.32. The molecule has 2 aliphatic rings. The van der Waals surface area contributed by atoms with Crippen LogP contribution in [0.4, 0.5) is 4.79 Å². The van der Waals surface area contributed by atoms with Gasteiger partial charge in [-0.25, -0.2) is 22.5 Å². The summed E-state index contributed by atoms with van der Waals surface area (Å²) < 4.78 is 25.7. The number of hydrogen-bond acceptors (Lipinski definition) is 4. The number of nitrogens with one attached hydrogen (secondary N) is 1. The summed E-state index contributed by atoms with van der Waals surface area (Å²) in [6.07, 6.45) is 1.59. The molecule has 17 heavy (non-hydrogen) atoms. The van der Waals surface area contributed by atoms with E-state index in [9.17, 15) is 18.0 Å². The summed E-state index contributed by atoms with van der Waals surface area (Å²) in [4.78, 5) is 26.0. The third-order valence-corrected chi connectivity index (χ3v) is 5.08. The maximum atomic E-state index is 12.2. The van der Waals surface area contributed by atoms with E-state index in [1.807, 2.05) is 5.32 Å². The molecule has 0 saturated carbocycles. The molecule has 1 saturated heterocycles. The SMILES string of the molecule is CC1=NC(=O)NC(=O)C1S(=O)(=O)N1CCCC1. The molecule has 7 nitrogen and oxygen atoms in total. The van der Waals surface area contributed by atoms with Gasteiger partial charge >= 0.3 is 6.03 Å². The third-order valence-electron chi connectivity index (χ3n) is 2.85. The third kappa shape index (κ3) is 2.09. The molecule has 0 aliphatic carbocycles. The Morgan fingerprint density at radius 3 is 2.41 bits per heavy atom. The lowest BCUT2D eigenvalue weighted by Gasteiger charge is -2.24. The van der Waals surface area contributed by atoms with Crippen LogP contribution in [0.1, 0.15) is 19.8 Å². The van der Waals surface area contributed by atoms with Gasteiger partial charge in [0.15, 0.2) is 5.25 Å². The Bertz CT molecular complexity index is 490. The fourth-order valence-corrected chi connectivity index (χ4v) is 3.93. The number of hydrogen-bond donors (Lipinski definition) is 1. The lowest BCUT2D eigenvalue weighted by atomic mass is 10.2.